The number of amides is 1. The maximum absolute atomic E-state index is 12.7. The minimum atomic E-state index is -0.566. The van der Waals surface area contributed by atoms with Gasteiger partial charge in [-0.3, -0.25) is 9.59 Å². The highest BCUT2D eigenvalue weighted by Gasteiger charge is 2.11. The van der Waals surface area contributed by atoms with E-state index in [1.54, 1.807) is 19.4 Å². The van der Waals surface area contributed by atoms with Crippen molar-refractivity contribution >= 4 is 12.1 Å². The van der Waals surface area contributed by atoms with Crippen molar-refractivity contribution in [1.82, 2.24) is 9.99 Å². The Labute approximate surface area is 180 Å². The van der Waals surface area contributed by atoms with Gasteiger partial charge in [0.05, 0.1) is 26.5 Å². The molecule has 7 heteroatoms. The van der Waals surface area contributed by atoms with Crippen molar-refractivity contribution in [1.29, 1.82) is 0 Å². The Bertz CT molecular complexity index is 1100. The topological polar surface area (TPSA) is 81.9 Å². The monoisotopic (exact) mass is 419 g/mol. The summed E-state index contributed by atoms with van der Waals surface area (Å²) < 4.78 is 12.2. The van der Waals surface area contributed by atoms with Gasteiger partial charge in [0.25, 0.3) is 11.5 Å². The molecule has 0 saturated heterocycles. The highest BCUT2D eigenvalue weighted by atomic mass is 16.5. The molecule has 3 aromatic rings. The zero-order chi connectivity index (χ0) is 22.1. The van der Waals surface area contributed by atoms with E-state index in [0.29, 0.717) is 13.2 Å². The van der Waals surface area contributed by atoms with E-state index in [0.717, 1.165) is 29.0 Å². The Morgan fingerprint density at radius 2 is 1.90 bits per heavy atom. The summed E-state index contributed by atoms with van der Waals surface area (Å²) in [6, 6.07) is 17.9. The fourth-order valence-electron chi connectivity index (χ4n) is 2.89. The molecule has 160 valence electrons. The third-order valence-corrected chi connectivity index (χ3v) is 4.49. The number of aromatic nitrogens is 1. The molecular formula is C24H25N3O4. The molecule has 0 fully saturated rings. The van der Waals surface area contributed by atoms with E-state index < -0.39 is 5.91 Å². The molecule has 7 nitrogen and oxygen atoms in total. The van der Waals surface area contributed by atoms with E-state index in [-0.39, 0.29) is 11.1 Å². The number of benzene rings is 2. The maximum Gasteiger partial charge on any atom is 0.276 e. The predicted molar refractivity (Wildman–Crippen MR) is 120 cm³/mol. The molecule has 0 spiro atoms. The van der Waals surface area contributed by atoms with E-state index in [1.807, 2.05) is 55.5 Å². The molecule has 1 heterocycles. The van der Waals surface area contributed by atoms with Crippen LogP contribution in [0.25, 0.3) is 0 Å². The molecule has 0 aliphatic heterocycles. The summed E-state index contributed by atoms with van der Waals surface area (Å²) in [7, 11) is 1.60. The first kappa shape index (κ1) is 21.8. The second kappa shape index (κ2) is 10.8. The standard InChI is InChI=1S/C24H25N3O4/c1-3-14-31-21-7-4-6-19(15-21)16-25-26-23(28)22-8-5-13-27(24(22)29)17-18-9-11-20(30-2)12-10-18/h4-13,15-16H,3,14,17H2,1-2H3,(H,26,28)/b25-16-. The molecule has 1 aromatic heterocycles. The number of methoxy groups -OCH3 is 1. The first-order valence-electron chi connectivity index (χ1n) is 9.99. The third-order valence-electron chi connectivity index (χ3n) is 4.49. The Balaban J connectivity index is 1.67. The smallest absolute Gasteiger partial charge is 0.276 e. The Morgan fingerprint density at radius 1 is 1.10 bits per heavy atom. The van der Waals surface area contributed by atoms with Crippen molar-refractivity contribution in [2.24, 2.45) is 5.10 Å². The lowest BCUT2D eigenvalue weighted by molar-refractivity contribution is 0.0953. The molecule has 0 atom stereocenters. The van der Waals surface area contributed by atoms with Gasteiger partial charge >= 0.3 is 0 Å². The van der Waals surface area contributed by atoms with Gasteiger partial charge in [-0.05, 0) is 53.9 Å². The van der Waals surface area contributed by atoms with Gasteiger partial charge in [-0.15, -0.1) is 0 Å². The molecule has 0 saturated carbocycles. The Hall–Kier alpha value is -3.87. The van der Waals surface area contributed by atoms with Crippen LogP contribution in [0.5, 0.6) is 11.5 Å². The van der Waals surface area contributed by atoms with Crippen molar-refractivity contribution < 1.29 is 14.3 Å². The van der Waals surface area contributed by atoms with Gasteiger partial charge in [0.1, 0.15) is 17.1 Å². The van der Waals surface area contributed by atoms with E-state index >= 15 is 0 Å². The van der Waals surface area contributed by atoms with Crippen LogP contribution in [0.2, 0.25) is 0 Å². The lowest BCUT2D eigenvalue weighted by Crippen LogP contribution is -2.30. The van der Waals surface area contributed by atoms with Crippen molar-refractivity contribution in [2.75, 3.05) is 13.7 Å². The fourth-order valence-corrected chi connectivity index (χ4v) is 2.89. The van der Waals surface area contributed by atoms with Crippen molar-refractivity contribution in [3.8, 4) is 11.5 Å². The lowest BCUT2D eigenvalue weighted by atomic mass is 10.2. The zero-order valence-corrected chi connectivity index (χ0v) is 17.6. The van der Waals surface area contributed by atoms with Gasteiger partial charge in [0.2, 0.25) is 0 Å². The summed E-state index contributed by atoms with van der Waals surface area (Å²) in [6.07, 6.45) is 4.07. The number of ether oxygens (including phenoxy) is 2. The first-order chi connectivity index (χ1) is 15.1. The van der Waals surface area contributed by atoms with Crippen molar-refractivity contribution in [3.63, 3.8) is 0 Å². The minimum absolute atomic E-state index is 0.0215. The molecule has 0 aliphatic carbocycles. The maximum atomic E-state index is 12.7. The number of rotatable bonds is 9. The van der Waals surface area contributed by atoms with Crippen LogP contribution >= 0.6 is 0 Å². The molecule has 0 radical (unpaired) electrons. The summed E-state index contributed by atoms with van der Waals surface area (Å²) in [4.78, 5) is 25.2. The Morgan fingerprint density at radius 3 is 2.65 bits per heavy atom. The molecule has 3 rings (SSSR count). The van der Waals surface area contributed by atoms with E-state index in [2.05, 4.69) is 10.5 Å². The van der Waals surface area contributed by atoms with Crippen LogP contribution in [-0.4, -0.2) is 30.4 Å². The lowest BCUT2D eigenvalue weighted by Gasteiger charge is -2.08. The van der Waals surface area contributed by atoms with E-state index in [9.17, 15) is 9.59 Å². The van der Waals surface area contributed by atoms with E-state index in [1.165, 1.54) is 16.8 Å². The van der Waals surface area contributed by atoms with Gasteiger partial charge in [-0.25, -0.2) is 5.43 Å². The largest absolute Gasteiger partial charge is 0.497 e. The zero-order valence-electron chi connectivity index (χ0n) is 17.6. The second-order valence-electron chi connectivity index (χ2n) is 6.82. The average Bonchev–Trinajstić information content (AvgIpc) is 2.80. The molecule has 1 amide bonds. The first-order valence-corrected chi connectivity index (χ1v) is 9.99. The van der Waals surface area contributed by atoms with Gasteiger partial charge in [-0.1, -0.05) is 31.2 Å². The fraction of sp³-hybridized carbons (Fsp3) is 0.208. The molecule has 31 heavy (non-hydrogen) atoms. The third kappa shape index (κ3) is 6.05. The van der Waals surface area contributed by atoms with Crippen molar-refractivity contribution in [3.05, 3.63) is 93.9 Å². The summed E-state index contributed by atoms with van der Waals surface area (Å²) in [5, 5.41) is 3.97. The molecule has 1 N–H and O–H groups in total. The molecular weight excluding hydrogens is 394 g/mol. The van der Waals surface area contributed by atoms with Crippen LogP contribution in [0.4, 0.5) is 0 Å². The number of hydrazone groups is 1. The van der Waals surface area contributed by atoms with Crippen LogP contribution in [0.1, 0.15) is 34.8 Å². The highest BCUT2D eigenvalue weighted by Crippen LogP contribution is 2.13. The van der Waals surface area contributed by atoms with Crippen LogP contribution in [0.3, 0.4) is 0 Å². The summed E-state index contributed by atoms with van der Waals surface area (Å²) >= 11 is 0. The van der Waals surface area contributed by atoms with Gasteiger partial charge < -0.3 is 14.0 Å². The quantitative estimate of drug-likeness (QED) is 0.425. The summed E-state index contributed by atoms with van der Waals surface area (Å²) in [6.45, 7) is 3.02. The minimum Gasteiger partial charge on any atom is -0.497 e. The van der Waals surface area contributed by atoms with Crippen LogP contribution in [-0.2, 0) is 6.54 Å². The van der Waals surface area contributed by atoms with Gasteiger partial charge in [-0.2, -0.15) is 5.10 Å². The van der Waals surface area contributed by atoms with Gasteiger partial charge in [0, 0.05) is 6.20 Å². The number of carbonyl (C=O) groups is 1. The summed E-state index contributed by atoms with van der Waals surface area (Å²) in [5.41, 5.74) is 3.75. The number of hydrogen-bond acceptors (Lipinski definition) is 5. The average molecular weight is 419 g/mol. The molecule has 0 aliphatic rings. The molecule has 2 aromatic carbocycles. The van der Waals surface area contributed by atoms with Crippen LogP contribution in [0, 0.1) is 0 Å². The van der Waals surface area contributed by atoms with E-state index in [4.69, 9.17) is 9.47 Å². The number of pyridine rings is 1. The Kier molecular flexibility index (Phi) is 7.59. The molecule has 0 unspecified atom stereocenters. The number of nitrogens with one attached hydrogen (secondary N) is 1. The second-order valence-corrected chi connectivity index (χ2v) is 6.82. The number of carbonyl (C=O) groups excluding carboxylic acids is 1. The normalized spacial score (nSPS) is 10.8. The van der Waals surface area contributed by atoms with Crippen LogP contribution in [0.15, 0.2) is 76.8 Å². The summed E-state index contributed by atoms with van der Waals surface area (Å²) in [5.74, 6) is 0.912. The number of nitrogens with zero attached hydrogens (tertiary/aromatic N) is 2. The molecule has 0 bridgehead atoms. The SMILES string of the molecule is CCCOc1cccc(/C=N\NC(=O)c2cccn(Cc3ccc(OC)cc3)c2=O)c1. The van der Waals surface area contributed by atoms with Crippen LogP contribution < -0.4 is 20.5 Å². The number of hydrogen-bond donors (Lipinski definition) is 1. The highest BCUT2D eigenvalue weighted by molar-refractivity contribution is 5.94. The van der Waals surface area contributed by atoms with Gasteiger partial charge in [0.15, 0.2) is 0 Å². The predicted octanol–water partition coefficient (Wildman–Crippen LogP) is 3.46. The van der Waals surface area contributed by atoms with Crippen molar-refractivity contribution in [2.45, 2.75) is 19.9 Å².